The van der Waals surface area contributed by atoms with E-state index in [4.69, 9.17) is 0 Å². The molecule has 0 aliphatic carbocycles. The quantitative estimate of drug-likeness (QED) is 0.401. The lowest BCUT2D eigenvalue weighted by Gasteiger charge is -2.09. The van der Waals surface area contributed by atoms with Gasteiger partial charge in [0.05, 0.1) is 10.8 Å². The number of thioether (sulfide) groups is 1. The number of hydrogen-bond acceptors (Lipinski definition) is 7. The molecule has 0 bridgehead atoms. The van der Waals surface area contributed by atoms with E-state index in [0.29, 0.717) is 9.47 Å². The molecule has 0 saturated carbocycles. The van der Waals surface area contributed by atoms with Gasteiger partial charge in [-0.05, 0) is 48.6 Å². The van der Waals surface area contributed by atoms with E-state index < -0.39 is 0 Å². The molecule has 3 aromatic rings. The van der Waals surface area contributed by atoms with Crippen molar-refractivity contribution in [3.05, 3.63) is 46.8 Å². The Labute approximate surface area is 168 Å². The number of aryl methyl sites for hydroxylation is 1. The SMILES string of the molecule is Cc1cccc(NC(=O)CSc2nnc(NC(=O)Nc3cccs3)s2)c1C. The van der Waals surface area contributed by atoms with Crippen molar-refractivity contribution in [1.29, 1.82) is 0 Å². The van der Waals surface area contributed by atoms with Gasteiger partial charge in [0.2, 0.25) is 11.0 Å². The standard InChI is InChI=1S/C17H17N5O2S3/c1-10-5-3-6-12(11(10)2)18-13(23)9-26-17-22-21-16(27-17)20-15(24)19-14-7-4-8-25-14/h3-8H,9H2,1-2H3,(H,18,23)(H2,19,20,21,24). The minimum atomic E-state index is -0.377. The zero-order valence-electron chi connectivity index (χ0n) is 14.6. The molecule has 0 radical (unpaired) electrons. The Balaban J connectivity index is 1.48. The molecular formula is C17H17N5O2S3. The zero-order valence-corrected chi connectivity index (χ0v) is 17.1. The number of rotatable bonds is 6. The lowest BCUT2D eigenvalue weighted by Crippen LogP contribution is -2.18. The van der Waals surface area contributed by atoms with Crippen LogP contribution in [0.2, 0.25) is 0 Å². The summed E-state index contributed by atoms with van der Waals surface area (Å²) in [5.41, 5.74) is 2.99. The Bertz CT molecular complexity index is 940. The number of carbonyl (C=O) groups is 2. The van der Waals surface area contributed by atoms with Gasteiger partial charge >= 0.3 is 6.03 Å². The molecule has 1 aromatic carbocycles. The van der Waals surface area contributed by atoms with E-state index in [-0.39, 0.29) is 17.7 Å². The summed E-state index contributed by atoms with van der Waals surface area (Å²) in [7, 11) is 0. The molecule has 7 nitrogen and oxygen atoms in total. The van der Waals surface area contributed by atoms with E-state index in [0.717, 1.165) is 21.8 Å². The van der Waals surface area contributed by atoms with Crippen molar-refractivity contribution < 1.29 is 9.59 Å². The predicted molar refractivity (Wildman–Crippen MR) is 112 cm³/mol. The lowest BCUT2D eigenvalue weighted by atomic mass is 10.1. The van der Waals surface area contributed by atoms with Gasteiger partial charge in [-0.3, -0.25) is 15.4 Å². The maximum Gasteiger partial charge on any atom is 0.326 e. The first-order chi connectivity index (χ1) is 13.0. The van der Waals surface area contributed by atoms with Crippen LogP contribution in [0.1, 0.15) is 11.1 Å². The fraction of sp³-hybridized carbons (Fsp3) is 0.176. The third-order valence-corrected chi connectivity index (χ3v) is 6.35. The van der Waals surface area contributed by atoms with Gasteiger partial charge in [0.1, 0.15) is 0 Å². The third-order valence-electron chi connectivity index (χ3n) is 3.59. The number of carbonyl (C=O) groups excluding carboxylic acids is 2. The topological polar surface area (TPSA) is 96.0 Å². The van der Waals surface area contributed by atoms with Crippen LogP contribution in [0.25, 0.3) is 0 Å². The van der Waals surface area contributed by atoms with Gasteiger partial charge in [-0.15, -0.1) is 21.5 Å². The predicted octanol–water partition coefficient (Wildman–Crippen LogP) is 4.59. The van der Waals surface area contributed by atoms with Crippen LogP contribution in [0.4, 0.5) is 20.6 Å². The van der Waals surface area contributed by atoms with Crippen LogP contribution in [-0.4, -0.2) is 27.9 Å². The van der Waals surface area contributed by atoms with E-state index in [2.05, 4.69) is 26.1 Å². The smallest absolute Gasteiger partial charge is 0.325 e. The maximum absolute atomic E-state index is 12.2. The van der Waals surface area contributed by atoms with Gasteiger partial charge in [-0.25, -0.2) is 4.79 Å². The van der Waals surface area contributed by atoms with Crippen LogP contribution in [0.15, 0.2) is 40.1 Å². The first-order valence-corrected chi connectivity index (χ1v) is 10.6. The van der Waals surface area contributed by atoms with Crippen LogP contribution in [0.5, 0.6) is 0 Å². The minimum Gasteiger partial charge on any atom is -0.325 e. The van der Waals surface area contributed by atoms with Gasteiger partial charge in [-0.1, -0.05) is 35.2 Å². The lowest BCUT2D eigenvalue weighted by molar-refractivity contribution is -0.113. The Morgan fingerprint density at radius 2 is 1.93 bits per heavy atom. The van der Waals surface area contributed by atoms with Crippen LogP contribution in [0, 0.1) is 13.8 Å². The number of urea groups is 1. The normalized spacial score (nSPS) is 10.4. The van der Waals surface area contributed by atoms with Crippen molar-refractivity contribution in [2.45, 2.75) is 18.2 Å². The van der Waals surface area contributed by atoms with Crippen molar-refractivity contribution >= 4 is 62.2 Å². The van der Waals surface area contributed by atoms with Gasteiger partial charge in [-0.2, -0.15) is 0 Å². The van der Waals surface area contributed by atoms with E-state index in [9.17, 15) is 9.59 Å². The van der Waals surface area contributed by atoms with Gasteiger partial charge in [0.25, 0.3) is 0 Å². The van der Waals surface area contributed by atoms with Crippen molar-refractivity contribution in [2.24, 2.45) is 0 Å². The van der Waals surface area contributed by atoms with Gasteiger partial charge in [0, 0.05) is 5.69 Å². The van der Waals surface area contributed by atoms with E-state index in [1.54, 1.807) is 6.07 Å². The monoisotopic (exact) mass is 419 g/mol. The van der Waals surface area contributed by atoms with Crippen LogP contribution in [0.3, 0.4) is 0 Å². The molecule has 27 heavy (non-hydrogen) atoms. The molecule has 2 heterocycles. The summed E-state index contributed by atoms with van der Waals surface area (Å²) in [5.74, 6) is 0.0949. The van der Waals surface area contributed by atoms with Crippen molar-refractivity contribution in [3.63, 3.8) is 0 Å². The summed E-state index contributed by atoms with van der Waals surface area (Å²) in [6.07, 6.45) is 0. The molecule has 2 aromatic heterocycles. The molecule has 10 heteroatoms. The largest absolute Gasteiger partial charge is 0.326 e. The fourth-order valence-corrected chi connectivity index (χ4v) is 4.27. The first kappa shape index (κ1) is 19.3. The summed E-state index contributed by atoms with van der Waals surface area (Å²) < 4.78 is 0.609. The number of thiophene rings is 1. The minimum absolute atomic E-state index is 0.117. The van der Waals surface area contributed by atoms with Gasteiger partial charge < -0.3 is 5.32 Å². The average Bonchev–Trinajstić information content (AvgIpc) is 3.29. The molecule has 0 unspecified atom stereocenters. The average molecular weight is 420 g/mol. The number of benzene rings is 1. The number of aromatic nitrogens is 2. The zero-order chi connectivity index (χ0) is 19.2. The molecule has 3 N–H and O–H groups in total. The Morgan fingerprint density at radius 3 is 2.70 bits per heavy atom. The molecular weight excluding hydrogens is 402 g/mol. The summed E-state index contributed by atoms with van der Waals surface area (Å²) in [6, 6.07) is 9.07. The van der Waals surface area contributed by atoms with Crippen molar-refractivity contribution in [1.82, 2.24) is 10.2 Å². The first-order valence-electron chi connectivity index (χ1n) is 7.95. The second-order valence-electron chi connectivity index (χ2n) is 5.51. The Kier molecular flexibility index (Phi) is 6.43. The Morgan fingerprint density at radius 1 is 1.07 bits per heavy atom. The van der Waals surface area contributed by atoms with E-state index in [1.807, 2.05) is 43.5 Å². The highest BCUT2D eigenvalue weighted by Crippen LogP contribution is 2.26. The number of nitrogens with one attached hydrogen (secondary N) is 3. The second kappa shape index (κ2) is 8.98. The highest BCUT2D eigenvalue weighted by molar-refractivity contribution is 8.01. The van der Waals surface area contributed by atoms with Crippen LogP contribution >= 0.6 is 34.4 Å². The number of nitrogens with zero attached hydrogens (tertiary/aromatic N) is 2. The van der Waals surface area contributed by atoms with Crippen molar-refractivity contribution in [2.75, 3.05) is 21.7 Å². The number of hydrogen-bond donors (Lipinski definition) is 3. The van der Waals surface area contributed by atoms with Crippen LogP contribution < -0.4 is 16.0 Å². The molecule has 3 amide bonds. The molecule has 0 saturated heterocycles. The Hall–Kier alpha value is -2.43. The molecule has 0 aliphatic rings. The van der Waals surface area contributed by atoms with E-state index >= 15 is 0 Å². The van der Waals surface area contributed by atoms with Crippen LogP contribution in [-0.2, 0) is 4.79 Å². The molecule has 0 spiro atoms. The number of anilines is 3. The molecule has 3 rings (SSSR count). The highest BCUT2D eigenvalue weighted by atomic mass is 32.2. The summed E-state index contributed by atoms with van der Waals surface area (Å²) in [4.78, 5) is 24.0. The molecule has 0 fully saturated rings. The number of amides is 3. The molecule has 0 atom stereocenters. The van der Waals surface area contributed by atoms with E-state index in [1.165, 1.54) is 34.4 Å². The summed E-state index contributed by atoms with van der Waals surface area (Å²) in [5, 5.41) is 19.1. The fourth-order valence-electron chi connectivity index (χ4n) is 2.11. The second-order valence-corrected chi connectivity index (χ2v) is 8.66. The summed E-state index contributed by atoms with van der Waals surface area (Å²) >= 11 is 3.92. The third kappa shape index (κ3) is 5.52. The summed E-state index contributed by atoms with van der Waals surface area (Å²) in [6.45, 7) is 3.98. The molecule has 0 aliphatic heterocycles. The van der Waals surface area contributed by atoms with Gasteiger partial charge in [0.15, 0.2) is 4.34 Å². The maximum atomic E-state index is 12.2. The highest BCUT2D eigenvalue weighted by Gasteiger charge is 2.12. The molecule has 140 valence electrons. The van der Waals surface area contributed by atoms with Crippen molar-refractivity contribution in [3.8, 4) is 0 Å².